The van der Waals surface area contributed by atoms with Crippen LogP contribution in [0.1, 0.15) is 28.8 Å². The molecule has 7 rings (SSSR count). The predicted molar refractivity (Wildman–Crippen MR) is 161 cm³/mol. The molecule has 0 saturated carbocycles. The Hall–Kier alpha value is -4.25. The molecule has 10 heteroatoms. The van der Waals surface area contributed by atoms with Crippen molar-refractivity contribution < 1.29 is 4.79 Å². The van der Waals surface area contributed by atoms with Gasteiger partial charge >= 0.3 is 0 Å². The van der Waals surface area contributed by atoms with E-state index in [-0.39, 0.29) is 11.9 Å². The van der Waals surface area contributed by atoms with E-state index in [1.807, 2.05) is 17.3 Å². The average Bonchev–Trinajstić information content (AvgIpc) is 3.63. The monoisotopic (exact) mass is 562 g/mol. The molecule has 5 aromatic rings. The minimum Gasteiger partial charge on any atom is -0.307 e. The van der Waals surface area contributed by atoms with Crippen LogP contribution in [0.5, 0.6) is 0 Å². The van der Waals surface area contributed by atoms with Gasteiger partial charge < -0.3 is 5.32 Å². The number of carbonyl (C=O) groups is 1. The molecule has 2 aliphatic heterocycles. The van der Waals surface area contributed by atoms with Gasteiger partial charge in [-0.1, -0.05) is 35.9 Å². The fraction of sp³-hybridized carbons (Fsp3) is 0.226. The van der Waals surface area contributed by atoms with Crippen LogP contribution < -0.4 is 15.8 Å². The molecule has 0 spiro atoms. The SMILES string of the molecule is Cc1ccc(N2NC(C3CCN(Sc4cccc5cccnc45)CC3)C=C2NC(=O)c2cnn3cccnc23)cc1. The molecule has 1 amide bonds. The summed E-state index contributed by atoms with van der Waals surface area (Å²) in [5.41, 5.74) is 7.85. The molecule has 5 heterocycles. The summed E-state index contributed by atoms with van der Waals surface area (Å²) < 4.78 is 4.05. The van der Waals surface area contributed by atoms with E-state index in [9.17, 15) is 4.79 Å². The number of nitrogens with one attached hydrogen (secondary N) is 2. The second kappa shape index (κ2) is 11.0. The van der Waals surface area contributed by atoms with E-state index in [2.05, 4.69) is 91.6 Å². The number of hydrogen-bond acceptors (Lipinski definition) is 8. The third-order valence-corrected chi connectivity index (χ3v) is 8.89. The van der Waals surface area contributed by atoms with Gasteiger partial charge in [-0.05, 0) is 74.0 Å². The van der Waals surface area contributed by atoms with Crippen molar-refractivity contribution >= 4 is 40.1 Å². The molecule has 206 valence electrons. The van der Waals surface area contributed by atoms with Crippen LogP contribution >= 0.6 is 11.9 Å². The Morgan fingerprint density at radius 2 is 1.80 bits per heavy atom. The number of nitrogens with zero attached hydrogens (tertiary/aromatic N) is 6. The third kappa shape index (κ3) is 5.17. The number of benzene rings is 2. The fourth-order valence-electron chi connectivity index (χ4n) is 5.53. The molecule has 0 aliphatic carbocycles. The quantitative estimate of drug-likeness (QED) is 0.281. The van der Waals surface area contributed by atoms with Crippen LogP contribution in [0.4, 0.5) is 5.69 Å². The first-order valence-corrected chi connectivity index (χ1v) is 14.6. The van der Waals surface area contributed by atoms with E-state index in [4.69, 9.17) is 0 Å². The maximum absolute atomic E-state index is 13.4. The Balaban J connectivity index is 1.07. The number of aryl methyl sites for hydroxylation is 1. The van der Waals surface area contributed by atoms with Crippen LogP contribution in [-0.2, 0) is 0 Å². The molecule has 0 bridgehead atoms. The van der Waals surface area contributed by atoms with Crippen LogP contribution in [0.2, 0.25) is 0 Å². The maximum Gasteiger partial charge on any atom is 0.262 e. The van der Waals surface area contributed by atoms with Crippen molar-refractivity contribution in [3.63, 3.8) is 0 Å². The minimum atomic E-state index is -0.237. The molecular weight excluding hydrogens is 532 g/mol. The number of aromatic nitrogens is 4. The van der Waals surface area contributed by atoms with Crippen molar-refractivity contribution in [2.24, 2.45) is 5.92 Å². The fourth-order valence-corrected chi connectivity index (χ4v) is 6.60. The molecule has 1 fully saturated rings. The van der Waals surface area contributed by atoms with Crippen molar-refractivity contribution in [3.05, 3.63) is 108 Å². The number of hydrazine groups is 1. The number of rotatable bonds is 6. The lowest BCUT2D eigenvalue weighted by molar-refractivity contribution is 0.0966. The number of carbonyl (C=O) groups excluding carboxylic acids is 1. The van der Waals surface area contributed by atoms with Crippen LogP contribution in [0.3, 0.4) is 0 Å². The van der Waals surface area contributed by atoms with Crippen molar-refractivity contribution in [2.45, 2.75) is 30.7 Å². The van der Waals surface area contributed by atoms with E-state index in [1.165, 1.54) is 15.8 Å². The van der Waals surface area contributed by atoms with Gasteiger partial charge in [0.25, 0.3) is 5.91 Å². The van der Waals surface area contributed by atoms with Gasteiger partial charge in [0.1, 0.15) is 11.4 Å². The third-order valence-electron chi connectivity index (χ3n) is 7.74. The van der Waals surface area contributed by atoms with Crippen molar-refractivity contribution in [1.82, 2.24) is 34.6 Å². The summed E-state index contributed by atoms with van der Waals surface area (Å²) in [5.74, 6) is 0.913. The summed E-state index contributed by atoms with van der Waals surface area (Å²) in [6.07, 6.45) is 11.1. The van der Waals surface area contributed by atoms with E-state index in [0.717, 1.165) is 43.0 Å². The zero-order valence-electron chi connectivity index (χ0n) is 22.6. The number of pyridine rings is 1. The molecule has 0 radical (unpaired) electrons. The van der Waals surface area contributed by atoms with Crippen LogP contribution in [0.25, 0.3) is 16.6 Å². The Kier molecular flexibility index (Phi) is 6.87. The second-order valence-electron chi connectivity index (χ2n) is 10.5. The maximum atomic E-state index is 13.4. The zero-order chi connectivity index (χ0) is 27.8. The van der Waals surface area contributed by atoms with Gasteiger partial charge in [-0.2, -0.15) is 5.10 Å². The van der Waals surface area contributed by atoms with E-state index in [1.54, 1.807) is 41.1 Å². The smallest absolute Gasteiger partial charge is 0.262 e. The molecule has 41 heavy (non-hydrogen) atoms. The lowest BCUT2D eigenvalue weighted by atomic mass is 9.91. The van der Waals surface area contributed by atoms with Gasteiger partial charge in [0.05, 0.1) is 23.4 Å². The predicted octanol–water partition coefficient (Wildman–Crippen LogP) is 4.97. The first-order valence-electron chi connectivity index (χ1n) is 13.8. The van der Waals surface area contributed by atoms with Crippen LogP contribution in [0, 0.1) is 12.8 Å². The normalized spacial score (nSPS) is 18.2. The minimum absolute atomic E-state index is 0.0972. The number of anilines is 1. The standard InChI is InChI=1S/C31H30N8OS/c1-21-8-10-24(11-9-21)39-28(35-31(40)25-20-34-38-16-4-15-33-30(25)38)19-26(36-39)22-12-17-37(18-13-22)41-27-7-2-5-23-6-3-14-32-29(23)27/h2-11,14-16,19-20,22,26,36H,12-13,17-18H2,1H3,(H,35,40). The van der Waals surface area contributed by atoms with E-state index >= 15 is 0 Å². The van der Waals surface area contributed by atoms with E-state index in [0.29, 0.717) is 17.1 Å². The summed E-state index contributed by atoms with van der Waals surface area (Å²) >= 11 is 1.80. The van der Waals surface area contributed by atoms with Gasteiger partial charge in [0.2, 0.25) is 0 Å². The molecule has 1 atom stereocenters. The van der Waals surface area contributed by atoms with Crippen molar-refractivity contribution in [3.8, 4) is 0 Å². The number of para-hydroxylation sites is 1. The number of fused-ring (bicyclic) bond motifs is 2. The van der Waals surface area contributed by atoms with Gasteiger partial charge in [-0.3, -0.25) is 14.8 Å². The molecule has 2 aliphatic rings. The summed E-state index contributed by atoms with van der Waals surface area (Å²) in [6, 6.07) is 20.6. The molecule has 1 saturated heterocycles. The van der Waals surface area contributed by atoms with Gasteiger partial charge in [0.15, 0.2) is 5.65 Å². The van der Waals surface area contributed by atoms with Crippen LogP contribution in [-0.4, -0.2) is 48.9 Å². The first-order chi connectivity index (χ1) is 20.1. The summed E-state index contributed by atoms with van der Waals surface area (Å²) in [5, 5.41) is 10.6. The number of piperidine rings is 1. The Labute approximate surface area is 242 Å². The summed E-state index contributed by atoms with van der Waals surface area (Å²) in [4.78, 5) is 23.5. The zero-order valence-corrected chi connectivity index (χ0v) is 23.5. The summed E-state index contributed by atoms with van der Waals surface area (Å²) in [7, 11) is 0. The molecule has 9 nitrogen and oxygen atoms in total. The molecule has 1 unspecified atom stereocenters. The van der Waals surface area contributed by atoms with Gasteiger partial charge in [-0.15, -0.1) is 0 Å². The lowest BCUT2D eigenvalue weighted by Gasteiger charge is -2.34. The second-order valence-corrected chi connectivity index (χ2v) is 11.6. The highest BCUT2D eigenvalue weighted by Gasteiger charge is 2.34. The van der Waals surface area contributed by atoms with Gasteiger partial charge in [0, 0.05) is 42.0 Å². The highest BCUT2D eigenvalue weighted by Crippen LogP contribution is 2.35. The van der Waals surface area contributed by atoms with Gasteiger partial charge in [-0.25, -0.2) is 19.2 Å². The molecular formula is C31H30N8OS. The summed E-state index contributed by atoms with van der Waals surface area (Å²) in [6.45, 7) is 4.02. The van der Waals surface area contributed by atoms with E-state index < -0.39 is 0 Å². The highest BCUT2D eigenvalue weighted by molar-refractivity contribution is 7.97. The first kappa shape index (κ1) is 25.7. The number of hydrogen-bond donors (Lipinski definition) is 2. The van der Waals surface area contributed by atoms with Crippen LogP contribution in [0.15, 0.2) is 102 Å². The Morgan fingerprint density at radius 1 is 1.00 bits per heavy atom. The molecule has 2 aromatic carbocycles. The average molecular weight is 563 g/mol. The number of amides is 1. The van der Waals surface area contributed by atoms with Crippen molar-refractivity contribution in [2.75, 3.05) is 18.1 Å². The Morgan fingerprint density at radius 3 is 2.66 bits per heavy atom. The Bertz CT molecular complexity index is 1740. The molecule has 2 N–H and O–H groups in total. The largest absolute Gasteiger partial charge is 0.307 e. The lowest BCUT2D eigenvalue weighted by Crippen LogP contribution is -2.45. The highest BCUT2D eigenvalue weighted by atomic mass is 32.2. The van der Waals surface area contributed by atoms with Crippen molar-refractivity contribution in [1.29, 1.82) is 0 Å². The topological polar surface area (TPSA) is 90.7 Å². The molecule has 3 aromatic heterocycles.